The van der Waals surface area contributed by atoms with Crippen LogP contribution in [0.4, 0.5) is 4.39 Å². The average molecular weight is 258 g/mol. The van der Waals surface area contributed by atoms with E-state index < -0.39 is 8.80 Å². The Bertz CT molecular complexity index is 329. The van der Waals surface area contributed by atoms with Crippen LogP contribution >= 0.6 is 0 Å². The molecule has 0 N–H and O–H groups in total. The van der Waals surface area contributed by atoms with Gasteiger partial charge in [-0.3, -0.25) is 0 Å². The average Bonchev–Trinajstić information content (AvgIpc) is 2.30. The van der Waals surface area contributed by atoms with Crippen LogP contribution in [0.3, 0.4) is 0 Å². The highest BCUT2D eigenvalue weighted by Gasteiger charge is 2.45. The van der Waals surface area contributed by atoms with Gasteiger partial charge in [-0.05, 0) is 26.8 Å². The molecule has 0 amide bonds. The fourth-order valence-corrected chi connectivity index (χ4v) is 4.17. The van der Waals surface area contributed by atoms with E-state index in [1.807, 2.05) is 20.8 Å². The fourth-order valence-electron chi connectivity index (χ4n) is 1.64. The minimum atomic E-state index is -3.09. The van der Waals surface area contributed by atoms with Gasteiger partial charge < -0.3 is 13.3 Å². The van der Waals surface area contributed by atoms with Crippen molar-refractivity contribution < 1.29 is 17.7 Å². The molecule has 0 fully saturated rings. The quantitative estimate of drug-likeness (QED) is 0.701. The minimum Gasteiger partial charge on any atom is -0.370 e. The Labute approximate surface area is 103 Å². The first-order valence-corrected chi connectivity index (χ1v) is 7.59. The van der Waals surface area contributed by atoms with Gasteiger partial charge in [0.15, 0.2) is 0 Å². The summed E-state index contributed by atoms with van der Waals surface area (Å²) >= 11 is 0. The predicted molar refractivity (Wildman–Crippen MR) is 66.7 cm³/mol. The largest absolute Gasteiger partial charge is 0.540 e. The molecule has 0 saturated carbocycles. The van der Waals surface area contributed by atoms with Gasteiger partial charge in [-0.15, -0.1) is 0 Å². The van der Waals surface area contributed by atoms with E-state index in [1.54, 1.807) is 18.2 Å². The highest BCUT2D eigenvalue weighted by atomic mass is 28.4. The Hall–Kier alpha value is -0.753. The van der Waals surface area contributed by atoms with Crippen molar-refractivity contribution >= 4 is 14.0 Å². The van der Waals surface area contributed by atoms with Crippen LogP contribution in [0, 0.1) is 5.82 Å². The van der Waals surface area contributed by atoms with E-state index in [1.165, 1.54) is 6.07 Å². The SMILES string of the molecule is CCO[Si](OCC)(OCC)c1ccccc1F. The predicted octanol–water partition coefficient (Wildman–Crippen LogP) is 2.08. The van der Waals surface area contributed by atoms with Crippen LogP contribution < -0.4 is 5.19 Å². The van der Waals surface area contributed by atoms with Crippen molar-refractivity contribution in [2.45, 2.75) is 20.8 Å². The molecule has 3 nitrogen and oxygen atoms in total. The van der Waals surface area contributed by atoms with Crippen LogP contribution in [0.1, 0.15) is 20.8 Å². The highest BCUT2D eigenvalue weighted by Crippen LogP contribution is 2.12. The zero-order chi connectivity index (χ0) is 12.7. The third-order valence-corrected chi connectivity index (χ3v) is 5.28. The summed E-state index contributed by atoms with van der Waals surface area (Å²) in [7, 11) is -3.09. The molecular formula is C12H19FO3Si. The Kier molecular flexibility index (Phi) is 5.77. The second-order valence-electron chi connectivity index (χ2n) is 3.34. The van der Waals surface area contributed by atoms with Gasteiger partial charge in [0.2, 0.25) is 0 Å². The maximum atomic E-state index is 13.8. The first-order valence-electron chi connectivity index (χ1n) is 5.87. The summed E-state index contributed by atoms with van der Waals surface area (Å²) < 4.78 is 30.7. The van der Waals surface area contributed by atoms with Crippen LogP contribution in [-0.4, -0.2) is 28.6 Å². The van der Waals surface area contributed by atoms with Crippen molar-refractivity contribution in [2.24, 2.45) is 0 Å². The van der Waals surface area contributed by atoms with Crippen molar-refractivity contribution in [3.63, 3.8) is 0 Å². The number of halogens is 1. The first kappa shape index (κ1) is 14.3. The summed E-state index contributed by atoms with van der Waals surface area (Å²) in [6.07, 6.45) is 0. The lowest BCUT2D eigenvalue weighted by atomic mass is 10.3. The molecule has 96 valence electrons. The molecule has 0 radical (unpaired) electrons. The molecule has 0 spiro atoms. The molecule has 0 aliphatic carbocycles. The summed E-state index contributed by atoms with van der Waals surface area (Å²) in [5.41, 5.74) is 0. The molecule has 0 aromatic heterocycles. The second-order valence-corrected chi connectivity index (χ2v) is 5.85. The summed E-state index contributed by atoms with van der Waals surface area (Å²) in [6.45, 7) is 6.84. The lowest BCUT2D eigenvalue weighted by Crippen LogP contribution is -2.58. The molecule has 0 aliphatic rings. The second kappa shape index (κ2) is 6.86. The fraction of sp³-hybridized carbons (Fsp3) is 0.500. The molecule has 1 aromatic carbocycles. The third kappa shape index (κ3) is 3.35. The van der Waals surface area contributed by atoms with Gasteiger partial charge in [-0.1, -0.05) is 18.2 Å². The van der Waals surface area contributed by atoms with Gasteiger partial charge in [0.05, 0.1) is 5.19 Å². The Morgan fingerprint density at radius 3 is 1.82 bits per heavy atom. The minimum absolute atomic E-state index is 0.338. The Balaban J connectivity index is 3.14. The molecule has 0 heterocycles. The Morgan fingerprint density at radius 2 is 1.41 bits per heavy atom. The van der Waals surface area contributed by atoms with Crippen molar-refractivity contribution in [3.8, 4) is 0 Å². The van der Waals surface area contributed by atoms with E-state index in [-0.39, 0.29) is 5.82 Å². The molecule has 1 rings (SSSR count). The van der Waals surface area contributed by atoms with Crippen molar-refractivity contribution in [3.05, 3.63) is 30.1 Å². The van der Waals surface area contributed by atoms with Crippen LogP contribution in [0.2, 0.25) is 0 Å². The number of hydrogen-bond acceptors (Lipinski definition) is 3. The molecule has 0 bridgehead atoms. The van der Waals surface area contributed by atoms with Gasteiger partial charge in [0, 0.05) is 19.8 Å². The lowest BCUT2D eigenvalue weighted by Gasteiger charge is -2.28. The summed E-state index contributed by atoms with van der Waals surface area (Å²) in [5.74, 6) is -0.338. The molecule has 5 heteroatoms. The number of hydrogen-bond donors (Lipinski definition) is 0. The van der Waals surface area contributed by atoms with E-state index in [9.17, 15) is 4.39 Å². The van der Waals surface area contributed by atoms with Crippen molar-refractivity contribution in [1.82, 2.24) is 0 Å². The third-order valence-electron chi connectivity index (χ3n) is 2.21. The molecule has 0 aliphatic heterocycles. The smallest absolute Gasteiger partial charge is 0.370 e. The zero-order valence-electron chi connectivity index (χ0n) is 10.5. The van der Waals surface area contributed by atoms with Crippen LogP contribution in [0.15, 0.2) is 24.3 Å². The zero-order valence-corrected chi connectivity index (χ0v) is 11.5. The van der Waals surface area contributed by atoms with Gasteiger partial charge in [0.1, 0.15) is 5.82 Å². The van der Waals surface area contributed by atoms with Gasteiger partial charge in [0.25, 0.3) is 0 Å². The molecular weight excluding hydrogens is 239 g/mol. The maximum absolute atomic E-state index is 13.8. The molecule has 1 aromatic rings. The highest BCUT2D eigenvalue weighted by molar-refractivity contribution is 6.75. The van der Waals surface area contributed by atoms with E-state index in [2.05, 4.69) is 0 Å². The number of rotatable bonds is 7. The first-order chi connectivity index (χ1) is 8.20. The van der Waals surface area contributed by atoms with E-state index in [0.29, 0.717) is 25.0 Å². The van der Waals surface area contributed by atoms with E-state index in [0.717, 1.165) is 0 Å². The van der Waals surface area contributed by atoms with Crippen LogP contribution in [0.25, 0.3) is 0 Å². The number of benzene rings is 1. The van der Waals surface area contributed by atoms with Crippen molar-refractivity contribution in [1.29, 1.82) is 0 Å². The molecule has 0 atom stereocenters. The molecule has 17 heavy (non-hydrogen) atoms. The summed E-state index contributed by atoms with van der Waals surface area (Å²) in [4.78, 5) is 0. The molecule has 0 saturated heterocycles. The summed E-state index contributed by atoms with van der Waals surface area (Å²) in [6, 6.07) is 6.47. The van der Waals surface area contributed by atoms with Gasteiger partial charge in [-0.25, -0.2) is 4.39 Å². The maximum Gasteiger partial charge on any atom is 0.540 e. The van der Waals surface area contributed by atoms with Crippen LogP contribution in [-0.2, 0) is 13.3 Å². The Morgan fingerprint density at radius 1 is 0.941 bits per heavy atom. The van der Waals surface area contributed by atoms with Gasteiger partial charge >= 0.3 is 8.80 Å². The lowest BCUT2D eigenvalue weighted by molar-refractivity contribution is 0.0852. The normalized spacial score (nSPS) is 11.8. The monoisotopic (exact) mass is 258 g/mol. The van der Waals surface area contributed by atoms with Crippen LogP contribution in [0.5, 0.6) is 0 Å². The standard InChI is InChI=1S/C12H19FO3Si/c1-4-14-17(15-5-2,16-6-3)12-10-8-7-9-11(12)13/h7-10H,4-6H2,1-3H3. The van der Waals surface area contributed by atoms with E-state index >= 15 is 0 Å². The van der Waals surface area contributed by atoms with E-state index in [4.69, 9.17) is 13.3 Å². The van der Waals surface area contributed by atoms with Crippen molar-refractivity contribution in [2.75, 3.05) is 19.8 Å². The molecule has 0 unspecified atom stereocenters. The topological polar surface area (TPSA) is 27.7 Å². The van der Waals surface area contributed by atoms with Gasteiger partial charge in [-0.2, -0.15) is 0 Å². The summed E-state index contributed by atoms with van der Waals surface area (Å²) in [5, 5.41) is 0.408.